The van der Waals surface area contributed by atoms with Crippen LogP contribution in [0.5, 0.6) is 0 Å². The van der Waals surface area contributed by atoms with Gasteiger partial charge >= 0.3 is 0 Å². The van der Waals surface area contributed by atoms with Crippen molar-refractivity contribution in [1.82, 2.24) is 10.0 Å². The van der Waals surface area contributed by atoms with Crippen molar-refractivity contribution < 1.29 is 21.6 Å². The van der Waals surface area contributed by atoms with Crippen molar-refractivity contribution in [3.8, 4) is 0 Å². The highest BCUT2D eigenvalue weighted by Crippen LogP contribution is 2.06. The Bertz CT molecular complexity index is 508. The van der Waals surface area contributed by atoms with E-state index in [4.69, 9.17) is 4.74 Å². The highest BCUT2D eigenvalue weighted by Gasteiger charge is 2.21. The second-order valence-electron chi connectivity index (χ2n) is 4.59. The fraction of sp³-hybridized carbons (Fsp3) is 0.667. The quantitative estimate of drug-likeness (QED) is 0.568. The largest absolute Gasteiger partial charge is 0.379 e. The normalized spacial score (nSPS) is 17.8. The fourth-order valence-corrected chi connectivity index (χ4v) is 3.13. The Morgan fingerprint density at radius 1 is 0.952 bits per heavy atom. The number of hydrogen-bond acceptors (Lipinski definition) is 7. The van der Waals surface area contributed by atoms with Crippen LogP contribution in [0.3, 0.4) is 0 Å². The van der Waals surface area contributed by atoms with E-state index >= 15 is 0 Å². The summed E-state index contributed by atoms with van der Waals surface area (Å²) in [6.07, 6.45) is 0. The second-order valence-corrected chi connectivity index (χ2v) is 8.72. The molecule has 9 heteroatoms. The Labute approximate surface area is 126 Å². The highest BCUT2D eigenvalue weighted by molar-refractivity contribution is 7.94. The Morgan fingerprint density at radius 2 is 1.38 bits per heavy atom. The van der Waals surface area contributed by atoms with Gasteiger partial charge in [0.2, 0.25) is 0 Å². The summed E-state index contributed by atoms with van der Waals surface area (Å²) in [6.45, 7) is 9.30. The summed E-state index contributed by atoms with van der Waals surface area (Å²) in [4.78, 5) is 0. The molecule has 0 aromatic rings. The SMILES string of the molecule is C=CS(=O)(=O)CCN(CCS(=O)(=O)C=C)N1CCOCC1. The van der Waals surface area contributed by atoms with E-state index in [0.717, 1.165) is 10.8 Å². The molecule has 0 unspecified atom stereocenters. The third kappa shape index (κ3) is 6.70. The monoisotopic (exact) mass is 338 g/mol. The zero-order valence-electron chi connectivity index (χ0n) is 12.0. The molecule has 1 heterocycles. The molecule has 0 atom stereocenters. The van der Waals surface area contributed by atoms with Crippen LogP contribution in [0.2, 0.25) is 0 Å². The van der Waals surface area contributed by atoms with Crippen molar-refractivity contribution in [2.75, 3.05) is 50.9 Å². The first kappa shape index (κ1) is 18.3. The molecule has 0 aliphatic carbocycles. The van der Waals surface area contributed by atoms with E-state index in [0.29, 0.717) is 26.3 Å². The molecular formula is C12H22N2O5S2. The topological polar surface area (TPSA) is 84.0 Å². The molecule has 1 aliphatic heterocycles. The van der Waals surface area contributed by atoms with Crippen molar-refractivity contribution in [2.24, 2.45) is 0 Å². The van der Waals surface area contributed by atoms with Gasteiger partial charge in [-0.2, -0.15) is 0 Å². The Morgan fingerprint density at radius 3 is 1.76 bits per heavy atom. The standard InChI is InChI=1S/C12H22N2O5S2/c1-3-20(15,16)11-7-14(8-12-21(17,18)4-2)13-5-9-19-10-6-13/h3-4H,1-2,5-12H2. The van der Waals surface area contributed by atoms with Crippen LogP contribution in [0.1, 0.15) is 0 Å². The summed E-state index contributed by atoms with van der Waals surface area (Å²) in [5.41, 5.74) is 0. The van der Waals surface area contributed by atoms with Gasteiger partial charge in [-0.25, -0.2) is 26.9 Å². The summed E-state index contributed by atoms with van der Waals surface area (Å²) in [5, 5.41) is 5.53. The molecule has 0 N–H and O–H groups in total. The third-order valence-electron chi connectivity index (χ3n) is 3.16. The summed E-state index contributed by atoms with van der Waals surface area (Å²) >= 11 is 0. The predicted octanol–water partition coefficient (Wildman–Crippen LogP) is -0.348. The minimum absolute atomic E-state index is 0.0952. The first-order valence-electron chi connectivity index (χ1n) is 6.57. The average Bonchev–Trinajstić information content (AvgIpc) is 2.48. The van der Waals surface area contributed by atoms with Gasteiger partial charge in [0, 0.05) is 37.0 Å². The smallest absolute Gasteiger partial charge is 0.172 e. The summed E-state index contributed by atoms with van der Waals surface area (Å²) in [6, 6.07) is 0. The number of rotatable bonds is 9. The van der Waals surface area contributed by atoms with Gasteiger partial charge in [0.05, 0.1) is 24.7 Å². The van der Waals surface area contributed by atoms with Gasteiger partial charge in [0.1, 0.15) is 0 Å². The lowest BCUT2D eigenvalue weighted by molar-refractivity contribution is -0.0838. The predicted molar refractivity (Wildman–Crippen MR) is 81.9 cm³/mol. The number of hydrogen-bond donors (Lipinski definition) is 0. The van der Waals surface area contributed by atoms with E-state index in [9.17, 15) is 16.8 Å². The lowest BCUT2D eigenvalue weighted by atomic mass is 10.5. The molecule has 0 spiro atoms. The maximum absolute atomic E-state index is 11.5. The Hall–Kier alpha value is -0.740. The lowest BCUT2D eigenvalue weighted by Crippen LogP contribution is -2.51. The van der Waals surface area contributed by atoms with Gasteiger partial charge < -0.3 is 4.74 Å². The molecule has 0 aromatic heterocycles. The molecule has 0 radical (unpaired) electrons. The molecule has 1 aliphatic rings. The van der Waals surface area contributed by atoms with Gasteiger partial charge in [-0.15, -0.1) is 0 Å². The maximum atomic E-state index is 11.5. The van der Waals surface area contributed by atoms with E-state index < -0.39 is 19.7 Å². The summed E-state index contributed by atoms with van der Waals surface area (Å²) in [7, 11) is -6.64. The summed E-state index contributed by atoms with van der Waals surface area (Å²) in [5.74, 6) is -0.190. The Kier molecular flexibility index (Phi) is 7.01. The van der Waals surface area contributed by atoms with Gasteiger partial charge in [-0.3, -0.25) is 0 Å². The van der Waals surface area contributed by atoms with E-state index in [1.165, 1.54) is 0 Å². The molecule has 1 fully saturated rings. The van der Waals surface area contributed by atoms with Crippen LogP contribution in [0.25, 0.3) is 0 Å². The van der Waals surface area contributed by atoms with Crippen LogP contribution < -0.4 is 0 Å². The molecule has 0 saturated carbocycles. The van der Waals surface area contributed by atoms with Crippen LogP contribution in [-0.2, 0) is 24.4 Å². The molecule has 122 valence electrons. The number of morpholine rings is 1. The van der Waals surface area contributed by atoms with Gasteiger partial charge in [0.15, 0.2) is 19.7 Å². The molecular weight excluding hydrogens is 316 g/mol. The van der Waals surface area contributed by atoms with Crippen LogP contribution in [-0.4, -0.2) is 77.8 Å². The average molecular weight is 338 g/mol. The van der Waals surface area contributed by atoms with Gasteiger partial charge in [0.25, 0.3) is 0 Å². The number of nitrogens with zero attached hydrogens (tertiary/aromatic N) is 2. The van der Waals surface area contributed by atoms with Crippen LogP contribution >= 0.6 is 0 Å². The van der Waals surface area contributed by atoms with Crippen molar-refractivity contribution in [2.45, 2.75) is 0 Å². The third-order valence-corrected chi connectivity index (χ3v) is 5.68. The van der Waals surface area contributed by atoms with Crippen molar-refractivity contribution >= 4 is 19.7 Å². The molecule has 21 heavy (non-hydrogen) atoms. The van der Waals surface area contributed by atoms with E-state index in [-0.39, 0.29) is 24.6 Å². The van der Waals surface area contributed by atoms with Crippen LogP contribution in [0.4, 0.5) is 0 Å². The number of ether oxygens (including phenoxy) is 1. The van der Waals surface area contributed by atoms with Crippen molar-refractivity contribution in [1.29, 1.82) is 0 Å². The van der Waals surface area contributed by atoms with Gasteiger partial charge in [-0.05, 0) is 0 Å². The minimum Gasteiger partial charge on any atom is -0.379 e. The van der Waals surface area contributed by atoms with E-state index in [1.807, 2.05) is 5.01 Å². The Balaban J connectivity index is 2.69. The van der Waals surface area contributed by atoms with E-state index in [1.54, 1.807) is 5.01 Å². The van der Waals surface area contributed by atoms with Gasteiger partial charge in [-0.1, -0.05) is 13.2 Å². The minimum atomic E-state index is -3.32. The van der Waals surface area contributed by atoms with E-state index in [2.05, 4.69) is 13.2 Å². The zero-order valence-corrected chi connectivity index (χ0v) is 13.6. The molecule has 1 rings (SSSR count). The highest BCUT2D eigenvalue weighted by atomic mass is 32.2. The molecule has 0 amide bonds. The molecule has 1 saturated heterocycles. The maximum Gasteiger partial charge on any atom is 0.172 e. The number of sulfone groups is 2. The van der Waals surface area contributed by atoms with Crippen LogP contribution in [0, 0.1) is 0 Å². The first-order valence-corrected chi connectivity index (χ1v) is 10.0. The summed E-state index contributed by atoms with van der Waals surface area (Å²) < 4.78 is 51.3. The van der Waals surface area contributed by atoms with Crippen LogP contribution in [0.15, 0.2) is 24.0 Å². The number of hydrazine groups is 1. The fourth-order valence-electron chi connectivity index (χ4n) is 1.86. The second kappa shape index (κ2) is 8.04. The molecule has 0 aromatic carbocycles. The van der Waals surface area contributed by atoms with Crippen molar-refractivity contribution in [3.63, 3.8) is 0 Å². The van der Waals surface area contributed by atoms with Crippen molar-refractivity contribution in [3.05, 3.63) is 24.0 Å². The first-order chi connectivity index (χ1) is 9.79. The molecule has 7 nitrogen and oxygen atoms in total. The molecule has 0 bridgehead atoms. The zero-order chi connectivity index (χ0) is 15.9. The lowest BCUT2D eigenvalue weighted by Gasteiger charge is -2.37.